The van der Waals surface area contributed by atoms with Crippen molar-refractivity contribution in [1.82, 2.24) is 15.5 Å². The Kier molecular flexibility index (Phi) is 7.52. The summed E-state index contributed by atoms with van der Waals surface area (Å²) in [5.41, 5.74) is 0.0552. The summed E-state index contributed by atoms with van der Waals surface area (Å²) in [5.74, 6) is -5.23. The molecule has 0 radical (unpaired) electrons. The van der Waals surface area contributed by atoms with E-state index < -0.39 is 47.9 Å². The minimum absolute atomic E-state index is 0.0713. The summed E-state index contributed by atoms with van der Waals surface area (Å²) < 4.78 is 73.7. The number of hydrogen-bond donors (Lipinski definition) is 2. The van der Waals surface area contributed by atoms with Crippen molar-refractivity contribution in [3.63, 3.8) is 0 Å². The van der Waals surface area contributed by atoms with E-state index in [1.54, 1.807) is 0 Å². The van der Waals surface area contributed by atoms with E-state index in [4.69, 9.17) is 4.52 Å². The van der Waals surface area contributed by atoms with Crippen LogP contribution in [0.2, 0.25) is 0 Å². The van der Waals surface area contributed by atoms with Gasteiger partial charge < -0.3 is 15.2 Å². The first-order valence-electron chi connectivity index (χ1n) is 11.9. The van der Waals surface area contributed by atoms with Crippen LogP contribution < -0.4 is 10.6 Å². The van der Waals surface area contributed by atoms with E-state index in [1.807, 2.05) is 0 Å². The number of anilines is 1. The molecule has 2 N–H and O–H groups in total. The second-order valence-corrected chi connectivity index (χ2v) is 9.36. The number of aryl methyl sites for hydroxylation is 2. The number of benzene rings is 1. The van der Waals surface area contributed by atoms with Crippen molar-refractivity contribution in [3.8, 4) is 11.1 Å². The molecule has 0 aliphatic heterocycles. The average Bonchev–Trinajstić information content (AvgIpc) is 3.27. The van der Waals surface area contributed by atoms with Crippen molar-refractivity contribution >= 4 is 17.5 Å². The first-order valence-corrected chi connectivity index (χ1v) is 11.9. The van der Waals surface area contributed by atoms with Crippen LogP contribution in [0.15, 0.2) is 47.3 Å². The van der Waals surface area contributed by atoms with Crippen molar-refractivity contribution in [2.75, 3.05) is 5.32 Å². The van der Waals surface area contributed by atoms with E-state index in [9.17, 15) is 31.5 Å². The lowest BCUT2D eigenvalue weighted by Gasteiger charge is -2.34. The molecule has 1 aromatic carbocycles. The molecule has 0 spiro atoms. The Morgan fingerprint density at radius 1 is 1.11 bits per heavy atom. The van der Waals surface area contributed by atoms with Crippen molar-refractivity contribution in [1.29, 1.82) is 0 Å². The van der Waals surface area contributed by atoms with Gasteiger partial charge in [-0.15, -0.1) is 0 Å². The summed E-state index contributed by atoms with van der Waals surface area (Å²) in [4.78, 5) is 30.0. The molecule has 1 aliphatic rings. The average molecular weight is 537 g/mol. The van der Waals surface area contributed by atoms with Crippen LogP contribution in [-0.2, 0) is 11.0 Å². The minimum atomic E-state index is -4.59. The van der Waals surface area contributed by atoms with E-state index in [-0.39, 0.29) is 46.6 Å². The third-order valence-electron chi connectivity index (χ3n) is 6.60. The highest BCUT2D eigenvalue weighted by molar-refractivity contribution is 6.01. The zero-order valence-electron chi connectivity index (χ0n) is 20.5. The lowest BCUT2D eigenvalue weighted by Crippen LogP contribution is -2.50. The van der Waals surface area contributed by atoms with Gasteiger partial charge in [-0.05, 0) is 56.4 Å². The normalized spacial score (nSPS) is 18.0. The molecule has 1 saturated carbocycles. The minimum Gasteiger partial charge on any atom is -0.364 e. The van der Waals surface area contributed by atoms with Gasteiger partial charge in [-0.25, -0.2) is 8.78 Å². The molecule has 1 aliphatic carbocycles. The number of nitrogens with zero attached hydrogens (tertiary/aromatic N) is 2. The molecule has 202 valence electrons. The number of carbonyl (C=O) groups excluding carboxylic acids is 2. The van der Waals surface area contributed by atoms with Crippen molar-refractivity contribution in [2.45, 2.75) is 57.7 Å². The fraction of sp³-hybridized carbons (Fsp3) is 0.385. The third kappa shape index (κ3) is 6.00. The maximum Gasteiger partial charge on any atom is 0.417 e. The van der Waals surface area contributed by atoms with E-state index in [2.05, 4.69) is 20.8 Å². The van der Waals surface area contributed by atoms with Gasteiger partial charge >= 0.3 is 6.18 Å². The van der Waals surface area contributed by atoms with Gasteiger partial charge in [0.25, 0.3) is 5.91 Å². The quantitative estimate of drug-likeness (QED) is 0.381. The number of carbonyl (C=O) groups is 2. The molecule has 0 saturated heterocycles. The predicted octanol–water partition coefficient (Wildman–Crippen LogP) is 5.93. The van der Waals surface area contributed by atoms with Crippen LogP contribution >= 0.6 is 0 Å². The number of rotatable bonds is 6. The van der Waals surface area contributed by atoms with Gasteiger partial charge in [0.1, 0.15) is 17.9 Å². The smallest absolute Gasteiger partial charge is 0.364 e. The largest absolute Gasteiger partial charge is 0.417 e. The van der Waals surface area contributed by atoms with Gasteiger partial charge in [0.2, 0.25) is 11.8 Å². The molecule has 4 rings (SSSR count). The molecular weight excluding hydrogens is 511 g/mol. The SMILES string of the molecule is Cc1nocc1C(=O)NC(C(=O)Nc1ccc(-c2c(C(F)(F)F)ccnc2C)cc1)[C@H]1CCCC(F)(F)C1. The maximum absolute atomic E-state index is 14.2. The molecule has 1 fully saturated rings. The molecule has 12 heteroatoms. The highest BCUT2D eigenvalue weighted by Gasteiger charge is 2.42. The van der Waals surface area contributed by atoms with Crippen LogP contribution in [-0.4, -0.2) is 33.9 Å². The number of nitrogens with one attached hydrogen (secondary N) is 2. The van der Waals surface area contributed by atoms with Gasteiger partial charge in [-0.2, -0.15) is 13.2 Å². The monoisotopic (exact) mass is 536 g/mol. The molecule has 3 aromatic rings. The summed E-state index contributed by atoms with van der Waals surface area (Å²) in [6.07, 6.45) is -2.80. The highest BCUT2D eigenvalue weighted by Crippen LogP contribution is 2.40. The lowest BCUT2D eigenvalue weighted by molar-refractivity contribution is -0.137. The summed E-state index contributed by atoms with van der Waals surface area (Å²) in [6.45, 7) is 2.99. The van der Waals surface area contributed by atoms with Crippen LogP contribution in [0, 0.1) is 19.8 Å². The van der Waals surface area contributed by atoms with Gasteiger partial charge in [-0.3, -0.25) is 14.6 Å². The second-order valence-electron chi connectivity index (χ2n) is 9.36. The summed E-state index contributed by atoms with van der Waals surface area (Å²) >= 11 is 0. The summed E-state index contributed by atoms with van der Waals surface area (Å²) in [7, 11) is 0. The van der Waals surface area contributed by atoms with Gasteiger partial charge in [0, 0.05) is 36.0 Å². The number of aromatic nitrogens is 2. The van der Waals surface area contributed by atoms with Crippen LogP contribution in [0.3, 0.4) is 0 Å². The zero-order valence-corrected chi connectivity index (χ0v) is 20.5. The predicted molar refractivity (Wildman–Crippen MR) is 127 cm³/mol. The highest BCUT2D eigenvalue weighted by atomic mass is 19.4. The Hall–Kier alpha value is -3.83. The molecule has 7 nitrogen and oxygen atoms in total. The van der Waals surface area contributed by atoms with Crippen LogP contribution in [0.1, 0.15) is 53.0 Å². The Morgan fingerprint density at radius 3 is 2.42 bits per heavy atom. The standard InChI is InChI=1S/C26H25F5N4O3/c1-14-19(13-38-35-14)23(36)34-22(17-4-3-10-25(27,28)12-17)24(37)33-18-7-5-16(6-8-18)21-15(2)32-11-9-20(21)26(29,30)31/h5-9,11,13,17,22H,3-4,10,12H2,1-2H3,(H,33,37)(H,34,36)/t17-,22?/m0/s1. The second kappa shape index (κ2) is 10.5. The van der Waals surface area contributed by atoms with Crippen molar-refractivity contribution < 1.29 is 36.1 Å². The van der Waals surface area contributed by atoms with Crippen molar-refractivity contribution in [2.24, 2.45) is 5.92 Å². The van der Waals surface area contributed by atoms with E-state index in [0.717, 1.165) is 18.5 Å². The van der Waals surface area contributed by atoms with Crippen molar-refractivity contribution in [3.05, 3.63) is 65.3 Å². The van der Waals surface area contributed by atoms with Gasteiger partial charge in [0.05, 0.1) is 11.3 Å². The molecular formula is C26H25F5N4O3. The molecule has 2 aromatic heterocycles. The van der Waals surface area contributed by atoms with E-state index >= 15 is 0 Å². The van der Waals surface area contributed by atoms with E-state index in [1.165, 1.54) is 38.1 Å². The number of hydrogen-bond acceptors (Lipinski definition) is 5. The van der Waals surface area contributed by atoms with Gasteiger partial charge in [0.15, 0.2) is 0 Å². The molecule has 2 amide bonds. The third-order valence-corrected chi connectivity index (χ3v) is 6.60. The fourth-order valence-electron chi connectivity index (χ4n) is 4.73. The Bertz CT molecular complexity index is 1320. The number of amides is 2. The van der Waals surface area contributed by atoms with Crippen LogP contribution in [0.25, 0.3) is 11.1 Å². The molecule has 2 heterocycles. The molecule has 2 atom stereocenters. The first-order chi connectivity index (χ1) is 17.9. The van der Waals surface area contributed by atoms with Crippen LogP contribution in [0.4, 0.5) is 27.6 Å². The Labute approximate surface area is 214 Å². The molecule has 1 unspecified atom stereocenters. The Morgan fingerprint density at radius 2 is 1.82 bits per heavy atom. The summed E-state index contributed by atoms with van der Waals surface area (Å²) in [5, 5.41) is 8.76. The summed E-state index contributed by atoms with van der Waals surface area (Å²) in [6, 6.07) is 5.20. The first kappa shape index (κ1) is 27.2. The van der Waals surface area contributed by atoms with Gasteiger partial charge in [-0.1, -0.05) is 17.3 Å². The number of pyridine rings is 1. The zero-order chi connectivity index (χ0) is 27.7. The molecule has 0 bridgehead atoms. The maximum atomic E-state index is 14.2. The van der Waals surface area contributed by atoms with E-state index in [0.29, 0.717) is 6.42 Å². The Balaban J connectivity index is 1.57. The fourth-order valence-corrected chi connectivity index (χ4v) is 4.73. The topological polar surface area (TPSA) is 97.1 Å². The number of alkyl halides is 5. The number of halogens is 5. The lowest BCUT2D eigenvalue weighted by atomic mass is 9.81. The van der Waals surface area contributed by atoms with Crippen LogP contribution in [0.5, 0.6) is 0 Å². The molecule has 38 heavy (non-hydrogen) atoms.